The van der Waals surface area contributed by atoms with Gasteiger partial charge in [-0.3, -0.25) is 4.79 Å². The molecule has 1 saturated heterocycles. The van der Waals surface area contributed by atoms with Gasteiger partial charge in [0.15, 0.2) is 0 Å². The van der Waals surface area contributed by atoms with Gasteiger partial charge in [-0.1, -0.05) is 30.7 Å². The summed E-state index contributed by atoms with van der Waals surface area (Å²) in [5.41, 5.74) is 2.70. The van der Waals surface area contributed by atoms with Gasteiger partial charge >= 0.3 is 0 Å². The molecular weight excluding hydrogens is 332 g/mol. The fraction of sp³-hybridized carbons (Fsp3) is 0.381. The Kier molecular flexibility index (Phi) is 4.20. The summed E-state index contributed by atoms with van der Waals surface area (Å²) < 4.78 is 0. The Bertz CT molecular complexity index is 783. The van der Waals surface area contributed by atoms with E-state index in [1.165, 1.54) is 12.1 Å². The number of hydrogen-bond acceptors (Lipinski definition) is 2. The fourth-order valence-corrected chi connectivity index (χ4v) is 3.92. The predicted octanol–water partition coefficient (Wildman–Crippen LogP) is 4.86. The number of carbonyl (C=O) groups excluding carboxylic acids is 1. The van der Waals surface area contributed by atoms with Crippen molar-refractivity contribution < 1.29 is 4.79 Å². The molecule has 0 radical (unpaired) electrons. The first kappa shape index (κ1) is 16.5. The highest BCUT2D eigenvalue weighted by Gasteiger charge is 2.51. The van der Waals surface area contributed by atoms with Crippen molar-refractivity contribution in [3.63, 3.8) is 0 Å². The molecule has 130 valence electrons. The Morgan fingerprint density at radius 3 is 2.56 bits per heavy atom. The van der Waals surface area contributed by atoms with Crippen molar-refractivity contribution in [1.29, 1.82) is 0 Å². The van der Waals surface area contributed by atoms with E-state index in [9.17, 15) is 4.79 Å². The number of carbonyl (C=O) groups is 1. The molecule has 4 heteroatoms. The molecule has 1 saturated carbocycles. The maximum atomic E-state index is 12.8. The third-order valence-corrected chi connectivity index (χ3v) is 5.71. The van der Waals surface area contributed by atoms with Crippen LogP contribution in [0.2, 0.25) is 5.02 Å². The summed E-state index contributed by atoms with van der Waals surface area (Å²) in [7, 11) is 0. The molecule has 1 N–H and O–H groups in total. The highest BCUT2D eigenvalue weighted by molar-refractivity contribution is 6.30. The summed E-state index contributed by atoms with van der Waals surface area (Å²) in [6, 6.07) is 15.9. The average molecular weight is 355 g/mol. The minimum Gasteiger partial charge on any atom is -0.371 e. The van der Waals surface area contributed by atoms with Gasteiger partial charge in [0.05, 0.1) is 5.41 Å². The Balaban J connectivity index is 1.46. The number of nitrogens with zero attached hydrogens (tertiary/aromatic N) is 1. The molecule has 2 aromatic carbocycles. The molecule has 2 aliphatic rings. The van der Waals surface area contributed by atoms with Crippen LogP contribution >= 0.6 is 11.6 Å². The molecule has 1 heterocycles. The van der Waals surface area contributed by atoms with Crippen LogP contribution in [-0.2, 0) is 10.2 Å². The summed E-state index contributed by atoms with van der Waals surface area (Å²) in [4.78, 5) is 15.2. The van der Waals surface area contributed by atoms with E-state index in [2.05, 4.69) is 29.3 Å². The first-order chi connectivity index (χ1) is 12.1. The van der Waals surface area contributed by atoms with Crippen molar-refractivity contribution in [2.24, 2.45) is 5.92 Å². The molecule has 1 amide bonds. The van der Waals surface area contributed by atoms with Crippen LogP contribution in [0.3, 0.4) is 0 Å². The van der Waals surface area contributed by atoms with E-state index >= 15 is 0 Å². The number of benzene rings is 2. The van der Waals surface area contributed by atoms with Crippen LogP contribution in [0.4, 0.5) is 11.4 Å². The summed E-state index contributed by atoms with van der Waals surface area (Å²) >= 11 is 6.10. The highest BCUT2D eigenvalue weighted by Crippen LogP contribution is 2.49. The fourth-order valence-electron chi connectivity index (χ4n) is 3.73. The number of amides is 1. The zero-order valence-electron chi connectivity index (χ0n) is 14.5. The maximum Gasteiger partial charge on any atom is 0.235 e. The number of hydrogen-bond donors (Lipinski definition) is 1. The Morgan fingerprint density at radius 2 is 1.96 bits per heavy atom. The Hall–Kier alpha value is -2.00. The molecule has 1 atom stereocenters. The van der Waals surface area contributed by atoms with Crippen LogP contribution in [-0.4, -0.2) is 19.0 Å². The van der Waals surface area contributed by atoms with E-state index in [0.717, 1.165) is 43.1 Å². The molecule has 0 aromatic heterocycles. The van der Waals surface area contributed by atoms with Gasteiger partial charge < -0.3 is 10.2 Å². The molecule has 0 spiro atoms. The molecule has 1 aliphatic carbocycles. The van der Waals surface area contributed by atoms with Gasteiger partial charge in [0, 0.05) is 29.5 Å². The molecule has 2 aromatic rings. The van der Waals surface area contributed by atoms with E-state index in [4.69, 9.17) is 11.6 Å². The monoisotopic (exact) mass is 354 g/mol. The van der Waals surface area contributed by atoms with Gasteiger partial charge in [-0.25, -0.2) is 0 Å². The predicted molar refractivity (Wildman–Crippen MR) is 103 cm³/mol. The normalized spacial score (nSPS) is 21.2. The summed E-state index contributed by atoms with van der Waals surface area (Å²) in [6.45, 7) is 4.52. The van der Waals surface area contributed by atoms with Crippen LogP contribution in [0.5, 0.6) is 0 Å². The third kappa shape index (κ3) is 3.25. The lowest BCUT2D eigenvalue weighted by atomic mass is 9.95. The number of anilines is 2. The van der Waals surface area contributed by atoms with E-state index in [0.29, 0.717) is 5.02 Å². The molecule has 2 fully saturated rings. The van der Waals surface area contributed by atoms with Gasteiger partial charge in [0.2, 0.25) is 5.91 Å². The van der Waals surface area contributed by atoms with Gasteiger partial charge in [0.25, 0.3) is 0 Å². The molecule has 4 rings (SSSR count). The van der Waals surface area contributed by atoms with Gasteiger partial charge in [-0.05, 0) is 67.1 Å². The molecular formula is C21H23ClN2O. The largest absolute Gasteiger partial charge is 0.371 e. The van der Waals surface area contributed by atoms with Crippen molar-refractivity contribution in [3.05, 3.63) is 59.1 Å². The average Bonchev–Trinajstić information content (AvgIpc) is 3.32. The topological polar surface area (TPSA) is 32.3 Å². The molecule has 1 aliphatic heterocycles. The Morgan fingerprint density at radius 1 is 1.20 bits per heavy atom. The summed E-state index contributed by atoms with van der Waals surface area (Å²) in [6.07, 6.45) is 3.01. The highest BCUT2D eigenvalue weighted by atomic mass is 35.5. The van der Waals surface area contributed by atoms with Crippen molar-refractivity contribution in [3.8, 4) is 0 Å². The van der Waals surface area contributed by atoms with E-state index in [1.807, 2.05) is 36.4 Å². The first-order valence-electron chi connectivity index (χ1n) is 8.99. The minimum absolute atomic E-state index is 0.0670. The first-order valence-corrected chi connectivity index (χ1v) is 9.37. The second-order valence-corrected chi connectivity index (χ2v) is 7.87. The second-order valence-electron chi connectivity index (χ2n) is 7.43. The van der Waals surface area contributed by atoms with Gasteiger partial charge in [0.1, 0.15) is 0 Å². The molecule has 3 nitrogen and oxygen atoms in total. The smallest absolute Gasteiger partial charge is 0.235 e. The van der Waals surface area contributed by atoms with Crippen LogP contribution in [0.25, 0.3) is 0 Å². The maximum absolute atomic E-state index is 12.8. The molecule has 25 heavy (non-hydrogen) atoms. The van der Waals surface area contributed by atoms with Crippen molar-refractivity contribution >= 4 is 28.9 Å². The second kappa shape index (κ2) is 6.38. The molecule has 1 unspecified atom stereocenters. The van der Waals surface area contributed by atoms with Crippen LogP contribution in [0.15, 0.2) is 48.5 Å². The van der Waals surface area contributed by atoms with Crippen LogP contribution in [0, 0.1) is 5.92 Å². The molecule has 0 bridgehead atoms. The third-order valence-electron chi connectivity index (χ3n) is 5.48. The quantitative estimate of drug-likeness (QED) is 0.850. The van der Waals surface area contributed by atoms with Crippen LogP contribution in [0.1, 0.15) is 31.7 Å². The zero-order valence-corrected chi connectivity index (χ0v) is 15.2. The van der Waals surface area contributed by atoms with Crippen LogP contribution < -0.4 is 10.2 Å². The van der Waals surface area contributed by atoms with E-state index < -0.39 is 5.41 Å². The number of halogens is 1. The summed E-state index contributed by atoms with van der Waals surface area (Å²) in [5.74, 6) is 0.823. The zero-order chi connectivity index (χ0) is 17.4. The number of rotatable bonds is 4. The summed E-state index contributed by atoms with van der Waals surface area (Å²) in [5, 5.41) is 3.77. The Labute approximate surface area is 154 Å². The minimum atomic E-state index is -0.409. The van der Waals surface area contributed by atoms with Crippen molar-refractivity contribution in [1.82, 2.24) is 0 Å². The van der Waals surface area contributed by atoms with Crippen molar-refractivity contribution in [2.45, 2.75) is 31.6 Å². The lowest BCUT2D eigenvalue weighted by molar-refractivity contribution is -0.118. The van der Waals surface area contributed by atoms with E-state index in [1.54, 1.807) is 0 Å². The van der Waals surface area contributed by atoms with Crippen molar-refractivity contribution in [2.75, 3.05) is 23.3 Å². The van der Waals surface area contributed by atoms with Gasteiger partial charge in [-0.2, -0.15) is 0 Å². The van der Waals surface area contributed by atoms with E-state index in [-0.39, 0.29) is 5.91 Å². The standard InChI is InChI=1S/C21H23ClN2O/c1-15-9-12-24(14-15)19-7-5-18(6-8-19)23-20(25)21(10-11-21)16-3-2-4-17(22)13-16/h2-8,13,15H,9-12,14H2,1H3,(H,23,25). The lowest BCUT2D eigenvalue weighted by Gasteiger charge is -2.19. The van der Waals surface area contributed by atoms with Gasteiger partial charge in [-0.15, -0.1) is 0 Å². The number of nitrogens with one attached hydrogen (secondary N) is 1. The lowest BCUT2D eigenvalue weighted by Crippen LogP contribution is -2.27. The SMILES string of the molecule is CC1CCN(c2ccc(NC(=O)C3(c4cccc(Cl)c4)CC3)cc2)C1.